The summed E-state index contributed by atoms with van der Waals surface area (Å²) >= 11 is 0. The van der Waals surface area contributed by atoms with Crippen LogP contribution in [0.2, 0.25) is 0 Å². The van der Waals surface area contributed by atoms with Crippen LogP contribution in [0.3, 0.4) is 0 Å². The van der Waals surface area contributed by atoms with Gasteiger partial charge in [-0.15, -0.1) is 0 Å². The van der Waals surface area contributed by atoms with Crippen LogP contribution >= 0.6 is 0 Å². The number of amides is 1. The molecule has 4 aromatic rings. The van der Waals surface area contributed by atoms with E-state index in [0.717, 1.165) is 28.3 Å². The number of aryl methyl sites for hydroxylation is 2. The van der Waals surface area contributed by atoms with Gasteiger partial charge < -0.3 is 11.1 Å². The molecule has 2 aromatic carbocycles. The molecular weight excluding hydrogens is 446 g/mol. The SMILES string of the molecule is Cc1cccc(C2CCCCC2)c1-c1cc(N)c2cnc(NC(=O)[C@H]3C[C@@H]3c3cnn(C)c3)cc2c1. The maximum absolute atomic E-state index is 12.9. The summed E-state index contributed by atoms with van der Waals surface area (Å²) in [6, 6.07) is 12.9. The number of pyridine rings is 1. The van der Waals surface area contributed by atoms with Crippen LogP contribution in [0.25, 0.3) is 21.9 Å². The van der Waals surface area contributed by atoms with Crippen LogP contribution in [0.4, 0.5) is 11.5 Å². The van der Waals surface area contributed by atoms with Crippen LogP contribution in [-0.4, -0.2) is 20.7 Å². The van der Waals surface area contributed by atoms with Crippen molar-refractivity contribution in [1.82, 2.24) is 14.8 Å². The summed E-state index contributed by atoms with van der Waals surface area (Å²) in [5, 5.41) is 9.17. The Kier molecular flexibility index (Phi) is 5.75. The van der Waals surface area contributed by atoms with Gasteiger partial charge in [0, 0.05) is 36.4 Å². The quantitative estimate of drug-likeness (QED) is 0.328. The molecule has 2 aromatic heterocycles. The predicted molar refractivity (Wildman–Crippen MR) is 145 cm³/mol. The number of nitrogens with zero attached hydrogens (tertiary/aromatic N) is 3. The van der Waals surface area contributed by atoms with Crippen molar-refractivity contribution in [3.05, 3.63) is 71.7 Å². The molecule has 3 N–H and O–H groups in total. The zero-order chi connectivity index (χ0) is 24.8. The second-order valence-corrected chi connectivity index (χ2v) is 10.6. The lowest BCUT2D eigenvalue weighted by atomic mass is 9.79. The van der Waals surface area contributed by atoms with Crippen LogP contribution in [0.5, 0.6) is 0 Å². The first-order chi connectivity index (χ1) is 17.5. The van der Waals surface area contributed by atoms with Gasteiger partial charge in [0.15, 0.2) is 0 Å². The molecule has 2 atom stereocenters. The number of aromatic nitrogens is 3. The van der Waals surface area contributed by atoms with Gasteiger partial charge in [-0.25, -0.2) is 4.98 Å². The third kappa shape index (κ3) is 4.25. The molecule has 184 valence electrons. The highest BCUT2D eigenvalue weighted by Crippen LogP contribution is 2.48. The number of hydrogen-bond acceptors (Lipinski definition) is 4. The third-order valence-corrected chi connectivity index (χ3v) is 8.04. The number of benzene rings is 2. The standard InChI is InChI=1S/C30H33N5O/c1-18-7-6-10-23(19-8-4-3-5-9-19)29(18)21-11-20-13-28(32-16-26(20)27(31)12-21)34-30(36)25-14-24(25)22-15-33-35(2)17-22/h6-7,10-13,15-17,19,24-25H,3-5,8-9,14,31H2,1-2H3,(H,32,34,36)/t24-,25+/m1/s1. The number of carbonyl (C=O) groups is 1. The summed E-state index contributed by atoms with van der Waals surface area (Å²) in [4.78, 5) is 17.4. The van der Waals surface area contributed by atoms with Gasteiger partial charge in [-0.3, -0.25) is 9.48 Å². The van der Waals surface area contributed by atoms with Gasteiger partial charge in [-0.1, -0.05) is 37.5 Å². The number of nitrogens with two attached hydrogens (primary N) is 1. The lowest BCUT2D eigenvalue weighted by molar-refractivity contribution is -0.117. The molecule has 0 spiro atoms. The molecule has 0 aliphatic heterocycles. The Morgan fingerprint density at radius 1 is 1.11 bits per heavy atom. The molecule has 0 radical (unpaired) electrons. The van der Waals surface area contributed by atoms with Crippen LogP contribution < -0.4 is 11.1 Å². The van der Waals surface area contributed by atoms with Crippen LogP contribution in [0.1, 0.15) is 67.1 Å². The molecule has 36 heavy (non-hydrogen) atoms. The van der Waals surface area contributed by atoms with Crippen molar-refractivity contribution in [1.29, 1.82) is 0 Å². The Bertz CT molecular complexity index is 1450. The monoisotopic (exact) mass is 479 g/mol. The van der Waals surface area contributed by atoms with Crippen LogP contribution in [0.15, 0.2) is 55.0 Å². The molecule has 6 nitrogen and oxygen atoms in total. The minimum absolute atomic E-state index is 0.0123. The Balaban J connectivity index is 1.30. The second-order valence-electron chi connectivity index (χ2n) is 10.6. The number of anilines is 2. The van der Waals surface area contributed by atoms with Gasteiger partial charge >= 0.3 is 0 Å². The van der Waals surface area contributed by atoms with E-state index in [1.807, 2.05) is 25.5 Å². The van der Waals surface area contributed by atoms with Crippen LogP contribution in [-0.2, 0) is 11.8 Å². The third-order valence-electron chi connectivity index (χ3n) is 8.04. The first-order valence-corrected chi connectivity index (χ1v) is 13.1. The van der Waals surface area contributed by atoms with Crippen molar-refractivity contribution in [2.24, 2.45) is 13.0 Å². The van der Waals surface area contributed by atoms with Crippen molar-refractivity contribution in [2.75, 3.05) is 11.1 Å². The van der Waals surface area contributed by atoms with E-state index in [1.54, 1.807) is 10.9 Å². The summed E-state index contributed by atoms with van der Waals surface area (Å²) in [6.45, 7) is 2.19. The van der Waals surface area contributed by atoms with E-state index in [0.29, 0.717) is 17.4 Å². The van der Waals surface area contributed by atoms with E-state index in [4.69, 9.17) is 5.73 Å². The van der Waals surface area contributed by atoms with Gasteiger partial charge in [0.2, 0.25) is 5.91 Å². The first-order valence-electron chi connectivity index (χ1n) is 13.1. The fourth-order valence-electron chi connectivity index (χ4n) is 6.04. The fourth-order valence-corrected chi connectivity index (χ4v) is 6.04. The molecule has 2 aliphatic rings. The first kappa shape index (κ1) is 22.8. The summed E-state index contributed by atoms with van der Waals surface area (Å²) in [5.41, 5.74) is 13.5. The van der Waals surface area contributed by atoms with Gasteiger partial charge in [-0.05, 0) is 89.4 Å². The minimum Gasteiger partial charge on any atom is -0.398 e. The number of nitrogens with one attached hydrogen (secondary N) is 1. The largest absolute Gasteiger partial charge is 0.398 e. The summed E-state index contributed by atoms with van der Waals surface area (Å²) < 4.78 is 1.78. The van der Waals surface area contributed by atoms with E-state index >= 15 is 0 Å². The summed E-state index contributed by atoms with van der Waals surface area (Å²) in [6.07, 6.45) is 12.9. The summed E-state index contributed by atoms with van der Waals surface area (Å²) in [5.74, 6) is 1.38. The molecule has 1 amide bonds. The predicted octanol–water partition coefficient (Wildman–Crippen LogP) is 6.32. The minimum atomic E-state index is -0.0341. The highest BCUT2D eigenvalue weighted by molar-refractivity contribution is 6.00. The molecule has 0 bridgehead atoms. The van der Waals surface area contributed by atoms with Crippen molar-refractivity contribution in [3.63, 3.8) is 0 Å². The average Bonchev–Trinajstić information content (AvgIpc) is 3.57. The second kappa shape index (κ2) is 9.08. The van der Waals surface area contributed by atoms with E-state index in [2.05, 4.69) is 52.7 Å². The molecule has 6 rings (SSSR count). The van der Waals surface area contributed by atoms with E-state index in [-0.39, 0.29) is 17.7 Å². The number of carbonyl (C=O) groups excluding carboxylic acids is 1. The Morgan fingerprint density at radius 2 is 1.94 bits per heavy atom. The summed E-state index contributed by atoms with van der Waals surface area (Å²) in [7, 11) is 1.90. The van der Waals surface area contributed by atoms with Gasteiger partial charge in [-0.2, -0.15) is 5.10 Å². The van der Waals surface area contributed by atoms with Crippen molar-refractivity contribution >= 4 is 28.2 Å². The van der Waals surface area contributed by atoms with Gasteiger partial charge in [0.1, 0.15) is 5.82 Å². The zero-order valence-corrected chi connectivity index (χ0v) is 21.0. The molecular formula is C30H33N5O. The lowest BCUT2D eigenvalue weighted by Gasteiger charge is -2.26. The maximum Gasteiger partial charge on any atom is 0.229 e. The molecule has 2 heterocycles. The normalized spacial score (nSPS) is 19.9. The van der Waals surface area contributed by atoms with Crippen molar-refractivity contribution in [3.8, 4) is 11.1 Å². The zero-order valence-electron chi connectivity index (χ0n) is 21.0. The van der Waals surface area contributed by atoms with Gasteiger partial charge in [0.25, 0.3) is 0 Å². The molecule has 6 heteroatoms. The molecule has 2 aliphatic carbocycles. The number of nitrogen functional groups attached to an aromatic ring is 1. The average molecular weight is 480 g/mol. The van der Waals surface area contributed by atoms with Crippen molar-refractivity contribution in [2.45, 2.75) is 57.3 Å². The Morgan fingerprint density at radius 3 is 2.72 bits per heavy atom. The molecule has 2 fully saturated rings. The van der Waals surface area contributed by atoms with Gasteiger partial charge in [0.05, 0.1) is 6.20 Å². The van der Waals surface area contributed by atoms with Crippen LogP contribution in [0, 0.1) is 12.8 Å². The molecule has 0 saturated heterocycles. The molecule has 0 unspecified atom stereocenters. The number of hydrogen-bond donors (Lipinski definition) is 2. The van der Waals surface area contributed by atoms with E-state index in [9.17, 15) is 4.79 Å². The Labute approximate surface area is 211 Å². The van der Waals surface area contributed by atoms with E-state index < -0.39 is 0 Å². The highest BCUT2D eigenvalue weighted by Gasteiger charge is 2.44. The highest BCUT2D eigenvalue weighted by atomic mass is 16.2. The maximum atomic E-state index is 12.9. The fraction of sp³-hybridized carbons (Fsp3) is 0.367. The molecule has 2 saturated carbocycles. The van der Waals surface area contributed by atoms with Crippen molar-refractivity contribution < 1.29 is 4.79 Å². The smallest absolute Gasteiger partial charge is 0.229 e. The Hall–Kier alpha value is -3.67. The number of fused-ring (bicyclic) bond motifs is 1. The topological polar surface area (TPSA) is 85.8 Å². The number of rotatable bonds is 5. The lowest BCUT2D eigenvalue weighted by Crippen LogP contribution is -2.15. The van der Waals surface area contributed by atoms with E-state index in [1.165, 1.54) is 48.8 Å².